The average Bonchev–Trinajstić information content (AvgIpc) is 2.37. The summed E-state index contributed by atoms with van der Waals surface area (Å²) in [7, 11) is 0. The number of benzene rings is 1. The lowest BCUT2D eigenvalue weighted by Crippen LogP contribution is -2.27. The second kappa shape index (κ2) is 7.45. The summed E-state index contributed by atoms with van der Waals surface area (Å²) < 4.78 is 0. The monoisotopic (exact) mass is 248 g/mol. The Labute approximate surface area is 107 Å². The van der Waals surface area contributed by atoms with Crippen molar-refractivity contribution in [2.45, 2.75) is 19.9 Å². The predicted octanol–water partition coefficient (Wildman–Crippen LogP) is 0.181. The summed E-state index contributed by atoms with van der Waals surface area (Å²) in [5.41, 5.74) is 12.7. The molecule has 0 saturated heterocycles. The molecular formula is C13H20N4O. The van der Waals surface area contributed by atoms with E-state index in [1.165, 1.54) is 5.56 Å². The lowest BCUT2D eigenvalue weighted by molar-refractivity contribution is -0.116. The number of Topliss-reactive ketones (excluding diaryl/α,β-unsaturated/α-hetero) is 1. The van der Waals surface area contributed by atoms with Gasteiger partial charge < -0.3 is 16.8 Å². The standard InChI is InChI=1S/C13H20N4O/c1-2-10-3-5-11(6-4-10)7-16-8-12(18)9-17-13(14)15/h3-6,16H,2,7-9H2,1H3,(H4,14,15,17). The van der Waals surface area contributed by atoms with Gasteiger partial charge in [-0.15, -0.1) is 0 Å². The van der Waals surface area contributed by atoms with E-state index in [2.05, 4.69) is 41.5 Å². The minimum Gasteiger partial charge on any atom is -0.370 e. The van der Waals surface area contributed by atoms with Crippen LogP contribution in [-0.4, -0.2) is 24.8 Å². The molecule has 18 heavy (non-hydrogen) atoms. The van der Waals surface area contributed by atoms with Gasteiger partial charge in [0.25, 0.3) is 0 Å². The second-order valence-electron chi connectivity index (χ2n) is 4.05. The highest BCUT2D eigenvalue weighted by atomic mass is 16.1. The number of rotatable bonds is 7. The zero-order chi connectivity index (χ0) is 13.4. The van der Waals surface area contributed by atoms with Crippen LogP contribution in [0.2, 0.25) is 0 Å². The fourth-order valence-corrected chi connectivity index (χ4v) is 1.47. The van der Waals surface area contributed by atoms with Crippen molar-refractivity contribution < 1.29 is 4.79 Å². The van der Waals surface area contributed by atoms with Gasteiger partial charge in [-0.05, 0) is 17.5 Å². The summed E-state index contributed by atoms with van der Waals surface area (Å²) >= 11 is 0. The summed E-state index contributed by atoms with van der Waals surface area (Å²) in [6, 6.07) is 8.31. The Kier molecular flexibility index (Phi) is 5.87. The van der Waals surface area contributed by atoms with E-state index in [4.69, 9.17) is 11.5 Å². The number of carbonyl (C=O) groups is 1. The third-order valence-electron chi connectivity index (χ3n) is 2.52. The highest BCUT2D eigenvalue weighted by Crippen LogP contribution is 2.04. The molecule has 0 amide bonds. The summed E-state index contributed by atoms with van der Waals surface area (Å²) in [6.07, 6.45) is 1.03. The zero-order valence-corrected chi connectivity index (χ0v) is 10.6. The van der Waals surface area contributed by atoms with E-state index >= 15 is 0 Å². The summed E-state index contributed by atoms with van der Waals surface area (Å²) in [5, 5.41) is 3.06. The van der Waals surface area contributed by atoms with Crippen molar-refractivity contribution >= 4 is 11.7 Å². The largest absolute Gasteiger partial charge is 0.370 e. The number of nitrogens with zero attached hydrogens (tertiary/aromatic N) is 1. The van der Waals surface area contributed by atoms with Gasteiger partial charge in [-0.3, -0.25) is 4.79 Å². The number of carbonyl (C=O) groups excluding carboxylic acids is 1. The van der Waals surface area contributed by atoms with E-state index in [-0.39, 0.29) is 24.8 Å². The van der Waals surface area contributed by atoms with Crippen LogP contribution < -0.4 is 16.8 Å². The highest BCUT2D eigenvalue weighted by Gasteiger charge is 2.00. The van der Waals surface area contributed by atoms with Crippen molar-refractivity contribution in [3.05, 3.63) is 35.4 Å². The number of hydrogen-bond donors (Lipinski definition) is 3. The van der Waals surface area contributed by atoms with Crippen molar-refractivity contribution in [1.29, 1.82) is 0 Å². The Morgan fingerprint density at radius 2 is 1.83 bits per heavy atom. The molecule has 1 rings (SSSR count). The first-order valence-corrected chi connectivity index (χ1v) is 5.97. The average molecular weight is 248 g/mol. The molecular weight excluding hydrogens is 228 g/mol. The summed E-state index contributed by atoms with van der Waals surface area (Å²) in [4.78, 5) is 15.0. The number of aryl methyl sites for hydroxylation is 1. The van der Waals surface area contributed by atoms with Crippen molar-refractivity contribution in [1.82, 2.24) is 5.32 Å². The number of hydrogen-bond acceptors (Lipinski definition) is 3. The Balaban J connectivity index is 2.28. The predicted molar refractivity (Wildman–Crippen MR) is 73.2 cm³/mol. The number of ketones is 1. The molecule has 5 heteroatoms. The van der Waals surface area contributed by atoms with Crippen LogP contribution in [-0.2, 0) is 17.8 Å². The molecule has 0 atom stereocenters. The minimum absolute atomic E-state index is 0.0319. The van der Waals surface area contributed by atoms with Crippen LogP contribution in [0.3, 0.4) is 0 Å². The van der Waals surface area contributed by atoms with Gasteiger partial charge in [-0.1, -0.05) is 31.2 Å². The molecule has 5 nitrogen and oxygen atoms in total. The van der Waals surface area contributed by atoms with Crippen LogP contribution in [0.15, 0.2) is 29.3 Å². The minimum atomic E-state index is -0.0569. The fourth-order valence-electron chi connectivity index (χ4n) is 1.47. The lowest BCUT2D eigenvalue weighted by Gasteiger charge is -2.04. The summed E-state index contributed by atoms with van der Waals surface area (Å²) in [6.45, 7) is 3.09. The van der Waals surface area contributed by atoms with Gasteiger partial charge in [0.1, 0.15) is 6.54 Å². The molecule has 0 unspecified atom stereocenters. The lowest BCUT2D eigenvalue weighted by atomic mass is 10.1. The Morgan fingerprint density at radius 3 is 2.39 bits per heavy atom. The number of nitrogens with two attached hydrogens (primary N) is 2. The van der Waals surface area contributed by atoms with Gasteiger partial charge in [-0.2, -0.15) is 0 Å². The van der Waals surface area contributed by atoms with Gasteiger partial charge >= 0.3 is 0 Å². The Hall–Kier alpha value is -1.88. The normalized spacial score (nSPS) is 10.1. The molecule has 0 saturated carbocycles. The molecule has 1 aromatic carbocycles. The van der Waals surface area contributed by atoms with E-state index in [9.17, 15) is 4.79 Å². The molecule has 0 fully saturated rings. The first-order valence-electron chi connectivity index (χ1n) is 5.97. The molecule has 0 bridgehead atoms. The van der Waals surface area contributed by atoms with Crippen LogP contribution in [0.5, 0.6) is 0 Å². The van der Waals surface area contributed by atoms with E-state index in [1.54, 1.807) is 0 Å². The molecule has 0 aliphatic heterocycles. The van der Waals surface area contributed by atoms with Crippen molar-refractivity contribution in [2.24, 2.45) is 16.5 Å². The van der Waals surface area contributed by atoms with Crippen LogP contribution in [0.1, 0.15) is 18.1 Å². The third kappa shape index (κ3) is 5.45. The van der Waals surface area contributed by atoms with Crippen molar-refractivity contribution in [3.8, 4) is 0 Å². The van der Waals surface area contributed by atoms with E-state index in [1.807, 2.05) is 0 Å². The van der Waals surface area contributed by atoms with Crippen molar-refractivity contribution in [2.75, 3.05) is 13.1 Å². The second-order valence-corrected chi connectivity index (χ2v) is 4.05. The van der Waals surface area contributed by atoms with Crippen LogP contribution in [0.4, 0.5) is 0 Å². The quantitative estimate of drug-likeness (QED) is 0.474. The molecule has 5 N–H and O–H groups in total. The third-order valence-corrected chi connectivity index (χ3v) is 2.52. The number of aliphatic imine (C=N–C) groups is 1. The molecule has 0 aliphatic rings. The first kappa shape index (κ1) is 14.2. The molecule has 0 spiro atoms. The van der Waals surface area contributed by atoms with Gasteiger partial charge in [0.2, 0.25) is 0 Å². The van der Waals surface area contributed by atoms with Gasteiger partial charge in [0.05, 0.1) is 6.54 Å². The Morgan fingerprint density at radius 1 is 1.22 bits per heavy atom. The van der Waals surface area contributed by atoms with Gasteiger partial charge in [0.15, 0.2) is 11.7 Å². The highest BCUT2D eigenvalue weighted by molar-refractivity contribution is 5.85. The SMILES string of the molecule is CCc1ccc(CNCC(=O)CN=C(N)N)cc1. The van der Waals surface area contributed by atoms with Crippen molar-refractivity contribution in [3.63, 3.8) is 0 Å². The van der Waals surface area contributed by atoms with E-state index in [0.29, 0.717) is 6.54 Å². The number of guanidine groups is 1. The summed E-state index contributed by atoms with van der Waals surface area (Å²) in [5.74, 6) is -0.0907. The molecule has 98 valence electrons. The smallest absolute Gasteiger partial charge is 0.186 e. The van der Waals surface area contributed by atoms with Gasteiger partial charge in [-0.25, -0.2) is 4.99 Å². The number of nitrogens with one attached hydrogen (secondary N) is 1. The maximum absolute atomic E-state index is 11.4. The van der Waals surface area contributed by atoms with Crippen LogP contribution >= 0.6 is 0 Å². The molecule has 0 radical (unpaired) electrons. The van der Waals surface area contributed by atoms with E-state index < -0.39 is 0 Å². The topological polar surface area (TPSA) is 93.5 Å². The maximum atomic E-state index is 11.4. The fraction of sp³-hybridized carbons (Fsp3) is 0.385. The van der Waals surface area contributed by atoms with Crippen LogP contribution in [0, 0.1) is 0 Å². The molecule has 1 aromatic rings. The molecule has 0 heterocycles. The van der Waals surface area contributed by atoms with Crippen LogP contribution in [0.25, 0.3) is 0 Å². The maximum Gasteiger partial charge on any atom is 0.186 e. The van der Waals surface area contributed by atoms with Gasteiger partial charge in [0, 0.05) is 6.54 Å². The van der Waals surface area contributed by atoms with E-state index in [0.717, 1.165) is 12.0 Å². The molecule has 0 aromatic heterocycles. The zero-order valence-electron chi connectivity index (χ0n) is 10.6. The first-order chi connectivity index (χ1) is 8.61. The Bertz CT molecular complexity index is 408. The molecule has 0 aliphatic carbocycles.